The first kappa shape index (κ1) is 19.8. The maximum atomic E-state index is 11.9. The summed E-state index contributed by atoms with van der Waals surface area (Å²) in [4.78, 5) is 23.9. The molecule has 1 rings (SSSR count). The monoisotopic (exact) mass is 444 g/mol. The summed E-state index contributed by atoms with van der Waals surface area (Å²) >= 11 is 1.98. The number of carboxylic acid groups (broad SMARTS) is 1. The SMILES string of the molecule is CCOc1cc(/C=C(/C#N)C(=O)N(C)C)cc(I)c1OCC(=O)O. The molecule has 0 bridgehead atoms. The smallest absolute Gasteiger partial charge is 0.341 e. The molecule has 1 aromatic carbocycles. The Labute approximate surface area is 153 Å². The Bertz CT molecular complexity index is 707. The van der Waals surface area contributed by atoms with Crippen LogP contribution in [-0.2, 0) is 9.59 Å². The van der Waals surface area contributed by atoms with Gasteiger partial charge in [0.1, 0.15) is 11.6 Å². The van der Waals surface area contributed by atoms with Gasteiger partial charge in [0, 0.05) is 14.1 Å². The topological polar surface area (TPSA) is 99.9 Å². The molecule has 0 heterocycles. The van der Waals surface area contributed by atoms with Crippen molar-refractivity contribution in [1.82, 2.24) is 4.90 Å². The lowest BCUT2D eigenvalue weighted by atomic mass is 10.1. The quantitative estimate of drug-likeness (QED) is 0.393. The van der Waals surface area contributed by atoms with Gasteiger partial charge in [0.05, 0.1) is 10.2 Å². The highest BCUT2D eigenvalue weighted by Gasteiger charge is 2.15. The van der Waals surface area contributed by atoms with Gasteiger partial charge < -0.3 is 19.5 Å². The number of halogens is 1. The van der Waals surface area contributed by atoms with Crippen LogP contribution in [-0.4, -0.2) is 49.2 Å². The summed E-state index contributed by atoms with van der Waals surface area (Å²) in [7, 11) is 3.12. The lowest BCUT2D eigenvalue weighted by Crippen LogP contribution is -2.22. The fourth-order valence-corrected chi connectivity index (χ4v) is 2.54. The molecule has 128 valence electrons. The molecule has 1 amide bonds. The van der Waals surface area contributed by atoms with Gasteiger partial charge in [0.2, 0.25) is 0 Å². The van der Waals surface area contributed by atoms with Gasteiger partial charge in [0.15, 0.2) is 18.1 Å². The largest absolute Gasteiger partial charge is 0.490 e. The van der Waals surface area contributed by atoms with E-state index >= 15 is 0 Å². The van der Waals surface area contributed by atoms with Gasteiger partial charge in [-0.25, -0.2) is 4.79 Å². The molecule has 7 nitrogen and oxygen atoms in total. The zero-order valence-corrected chi connectivity index (χ0v) is 15.7. The summed E-state index contributed by atoms with van der Waals surface area (Å²) in [6.07, 6.45) is 1.45. The molecular formula is C16H17IN2O5. The van der Waals surface area contributed by atoms with Gasteiger partial charge in [-0.15, -0.1) is 0 Å². The fourth-order valence-electron chi connectivity index (χ4n) is 1.76. The van der Waals surface area contributed by atoms with Crippen LogP contribution < -0.4 is 9.47 Å². The molecular weight excluding hydrogens is 427 g/mol. The van der Waals surface area contributed by atoms with E-state index < -0.39 is 18.5 Å². The molecule has 0 aromatic heterocycles. The molecule has 1 aromatic rings. The summed E-state index contributed by atoms with van der Waals surface area (Å²) in [5.74, 6) is -0.835. The van der Waals surface area contributed by atoms with Crippen LogP contribution in [0.5, 0.6) is 11.5 Å². The molecule has 0 radical (unpaired) electrons. The van der Waals surface area contributed by atoms with E-state index in [0.29, 0.717) is 27.2 Å². The standard InChI is InChI=1S/C16H17IN2O5/c1-4-23-13-7-10(5-11(8-18)16(22)19(2)3)6-12(17)15(13)24-9-14(20)21/h5-7H,4,9H2,1-3H3,(H,20,21)/b11-5-. The highest BCUT2D eigenvalue weighted by molar-refractivity contribution is 14.1. The Morgan fingerprint density at radius 3 is 2.54 bits per heavy atom. The van der Waals surface area contributed by atoms with Crippen LogP contribution in [0, 0.1) is 14.9 Å². The van der Waals surface area contributed by atoms with Crippen molar-refractivity contribution in [3.8, 4) is 17.6 Å². The number of benzene rings is 1. The van der Waals surface area contributed by atoms with E-state index in [1.807, 2.05) is 28.7 Å². The van der Waals surface area contributed by atoms with E-state index in [-0.39, 0.29) is 5.57 Å². The highest BCUT2D eigenvalue weighted by atomic mass is 127. The maximum absolute atomic E-state index is 11.9. The second-order valence-electron chi connectivity index (χ2n) is 4.81. The summed E-state index contributed by atoms with van der Waals surface area (Å²) in [6.45, 7) is 1.65. The normalized spacial score (nSPS) is 10.7. The average molecular weight is 444 g/mol. The first-order valence-electron chi connectivity index (χ1n) is 6.94. The molecule has 0 atom stereocenters. The third kappa shape index (κ3) is 5.42. The van der Waals surface area contributed by atoms with E-state index in [4.69, 9.17) is 19.8 Å². The van der Waals surface area contributed by atoms with Crippen LogP contribution in [0.4, 0.5) is 0 Å². The number of hydrogen-bond acceptors (Lipinski definition) is 5. The van der Waals surface area contributed by atoms with Crippen molar-refractivity contribution in [1.29, 1.82) is 5.26 Å². The number of aliphatic carboxylic acids is 1. The Kier molecular flexibility index (Phi) is 7.51. The zero-order chi connectivity index (χ0) is 18.3. The second kappa shape index (κ2) is 9.12. The number of likely N-dealkylation sites (N-methyl/N-ethyl adjacent to an activating group) is 1. The Morgan fingerprint density at radius 1 is 1.38 bits per heavy atom. The van der Waals surface area contributed by atoms with Crippen LogP contribution in [0.15, 0.2) is 17.7 Å². The van der Waals surface area contributed by atoms with E-state index in [1.54, 1.807) is 33.2 Å². The molecule has 24 heavy (non-hydrogen) atoms. The number of rotatable bonds is 7. The predicted octanol–water partition coefficient (Wildman–Crippen LogP) is 2.15. The van der Waals surface area contributed by atoms with Crippen molar-refractivity contribution in [2.75, 3.05) is 27.3 Å². The number of carbonyl (C=O) groups is 2. The summed E-state index contributed by atoms with van der Waals surface area (Å²) in [5, 5.41) is 17.9. The Hall–Kier alpha value is -2.28. The number of nitrogens with zero attached hydrogens (tertiary/aromatic N) is 2. The number of hydrogen-bond donors (Lipinski definition) is 1. The van der Waals surface area contributed by atoms with Gasteiger partial charge in [-0.05, 0) is 53.3 Å². The molecule has 8 heteroatoms. The molecule has 0 aliphatic carbocycles. The Morgan fingerprint density at radius 2 is 2.04 bits per heavy atom. The van der Waals surface area contributed by atoms with E-state index in [9.17, 15) is 9.59 Å². The van der Waals surface area contributed by atoms with Crippen molar-refractivity contribution < 1.29 is 24.2 Å². The minimum atomic E-state index is -1.10. The minimum absolute atomic E-state index is 0.0162. The molecule has 0 spiro atoms. The highest BCUT2D eigenvalue weighted by Crippen LogP contribution is 2.35. The van der Waals surface area contributed by atoms with Crippen molar-refractivity contribution in [2.24, 2.45) is 0 Å². The zero-order valence-electron chi connectivity index (χ0n) is 13.5. The fraction of sp³-hybridized carbons (Fsp3) is 0.312. The maximum Gasteiger partial charge on any atom is 0.341 e. The van der Waals surface area contributed by atoms with E-state index in [0.717, 1.165) is 0 Å². The average Bonchev–Trinajstić information content (AvgIpc) is 2.51. The van der Waals surface area contributed by atoms with Crippen molar-refractivity contribution >= 4 is 40.5 Å². The van der Waals surface area contributed by atoms with Gasteiger partial charge in [-0.3, -0.25) is 4.79 Å². The first-order chi connectivity index (χ1) is 11.3. The summed E-state index contributed by atoms with van der Waals surface area (Å²) < 4.78 is 11.4. The summed E-state index contributed by atoms with van der Waals surface area (Å²) in [6, 6.07) is 5.16. The number of amides is 1. The number of carbonyl (C=O) groups excluding carboxylic acids is 1. The van der Waals surface area contributed by atoms with Gasteiger partial charge in [-0.1, -0.05) is 0 Å². The molecule has 0 aliphatic rings. The van der Waals surface area contributed by atoms with Crippen molar-refractivity contribution in [3.05, 3.63) is 26.8 Å². The molecule has 0 saturated carbocycles. The minimum Gasteiger partial charge on any atom is -0.490 e. The van der Waals surface area contributed by atoms with Crippen LogP contribution in [0.3, 0.4) is 0 Å². The number of nitriles is 1. The second-order valence-corrected chi connectivity index (χ2v) is 5.98. The van der Waals surface area contributed by atoms with E-state index in [1.165, 1.54) is 11.0 Å². The third-order valence-electron chi connectivity index (χ3n) is 2.74. The molecule has 0 saturated heterocycles. The van der Waals surface area contributed by atoms with Gasteiger partial charge in [0.25, 0.3) is 5.91 Å². The van der Waals surface area contributed by atoms with Crippen LogP contribution >= 0.6 is 22.6 Å². The molecule has 0 aliphatic heterocycles. The number of carboxylic acids is 1. The lowest BCUT2D eigenvalue weighted by Gasteiger charge is -2.14. The Balaban J connectivity index is 3.29. The van der Waals surface area contributed by atoms with Crippen molar-refractivity contribution in [3.63, 3.8) is 0 Å². The van der Waals surface area contributed by atoms with Crippen molar-refractivity contribution in [2.45, 2.75) is 6.92 Å². The molecule has 0 unspecified atom stereocenters. The number of ether oxygens (including phenoxy) is 2. The van der Waals surface area contributed by atoms with E-state index in [2.05, 4.69) is 0 Å². The van der Waals surface area contributed by atoms with Crippen LogP contribution in [0.25, 0.3) is 6.08 Å². The lowest BCUT2D eigenvalue weighted by molar-refractivity contribution is -0.139. The summed E-state index contributed by atoms with van der Waals surface area (Å²) in [5.41, 5.74) is 0.565. The van der Waals surface area contributed by atoms with Gasteiger partial charge >= 0.3 is 5.97 Å². The van der Waals surface area contributed by atoms with Crippen LogP contribution in [0.1, 0.15) is 12.5 Å². The molecule has 0 fully saturated rings. The molecule has 1 N–H and O–H groups in total. The third-order valence-corrected chi connectivity index (χ3v) is 3.54. The predicted molar refractivity (Wildman–Crippen MR) is 95.7 cm³/mol. The van der Waals surface area contributed by atoms with Gasteiger partial charge in [-0.2, -0.15) is 5.26 Å². The first-order valence-corrected chi connectivity index (χ1v) is 8.02. The van der Waals surface area contributed by atoms with Crippen LogP contribution in [0.2, 0.25) is 0 Å².